The Hall–Kier alpha value is -0.770. The van der Waals surface area contributed by atoms with Crippen LogP contribution in [0.25, 0.3) is 0 Å². The molecule has 0 spiro atoms. The molecular formula is C11H22N2O2. The molecule has 1 saturated carbocycles. The van der Waals surface area contributed by atoms with Crippen LogP contribution in [-0.2, 0) is 0 Å². The van der Waals surface area contributed by atoms with Gasteiger partial charge in [0.25, 0.3) is 0 Å². The Bertz CT molecular complexity index is 213. The summed E-state index contributed by atoms with van der Waals surface area (Å²) in [4.78, 5) is 11.4. The van der Waals surface area contributed by atoms with Crippen LogP contribution >= 0.6 is 0 Å². The van der Waals surface area contributed by atoms with E-state index < -0.39 is 5.60 Å². The lowest BCUT2D eigenvalue weighted by atomic mass is 10.0. The minimum Gasteiger partial charge on any atom is -0.388 e. The number of nitrogens with one attached hydrogen (secondary N) is 2. The van der Waals surface area contributed by atoms with Crippen molar-refractivity contribution in [2.24, 2.45) is 0 Å². The van der Waals surface area contributed by atoms with Gasteiger partial charge < -0.3 is 15.7 Å². The quantitative estimate of drug-likeness (QED) is 0.662. The summed E-state index contributed by atoms with van der Waals surface area (Å²) in [5.74, 6) is 0. The summed E-state index contributed by atoms with van der Waals surface area (Å²) in [6, 6.07) is 0.00731. The van der Waals surface area contributed by atoms with Gasteiger partial charge in [-0.15, -0.1) is 0 Å². The van der Waals surface area contributed by atoms with Gasteiger partial charge in [0.1, 0.15) is 0 Å². The molecule has 1 rings (SSSR count). The molecular weight excluding hydrogens is 192 g/mol. The molecule has 0 aromatic carbocycles. The van der Waals surface area contributed by atoms with E-state index in [0.717, 1.165) is 32.1 Å². The number of urea groups is 1. The van der Waals surface area contributed by atoms with Crippen LogP contribution in [0.15, 0.2) is 0 Å². The molecule has 0 aliphatic heterocycles. The Labute approximate surface area is 91.4 Å². The van der Waals surface area contributed by atoms with Crippen molar-refractivity contribution in [3.63, 3.8) is 0 Å². The lowest BCUT2D eigenvalue weighted by Gasteiger charge is -2.23. The van der Waals surface area contributed by atoms with Crippen LogP contribution in [0.3, 0.4) is 0 Å². The first-order chi connectivity index (χ1) is 7.06. The van der Waals surface area contributed by atoms with Gasteiger partial charge in [-0.3, -0.25) is 0 Å². The number of aliphatic hydroxyl groups is 1. The highest BCUT2D eigenvalue weighted by Crippen LogP contribution is 2.28. The highest BCUT2D eigenvalue weighted by Gasteiger charge is 2.31. The molecule has 0 bridgehead atoms. The van der Waals surface area contributed by atoms with Crippen LogP contribution in [-0.4, -0.2) is 29.3 Å². The molecule has 4 nitrogen and oxygen atoms in total. The van der Waals surface area contributed by atoms with Gasteiger partial charge >= 0.3 is 6.03 Å². The van der Waals surface area contributed by atoms with Gasteiger partial charge in [0.05, 0.1) is 5.60 Å². The number of hydrogen-bond donors (Lipinski definition) is 3. The molecule has 15 heavy (non-hydrogen) atoms. The lowest BCUT2D eigenvalue weighted by Crippen LogP contribution is -2.47. The maximum atomic E-state index is 11.4. The molecule has 1 atom stereocenters. The zero-order valence-corrected chi connectivity index (χ0v) is 9.68. The summed E-state index contributed by atoms with van der Waals surface area (Å²) in [7, 11) is 0. The molecule has 0 saturated heterocycles. The minimum atomic E-state index is -0.660. The Morgan fingerprint density at radius 2 is 2.07 bits per heavy atom. The summed E-state index contributed by atoms with van der Waals surface area (Å²) in [6.07, 6.45) is 4.64. The van der Waals surface area contributed by atoms with Crippen LogP contribution in [0.5, 0.6) is 0 Å². The maximum Gasteiger partial charge on any atom is 0.315 e. The van der Waals surface area contributed by atoms with E-state index in [0.29, 0.717) is 6.54 Å². The SMILES string of the molecule is CCC(C)NC(=O)NCC1(O)CCCC1. The number of carbonyl (C=O) groups is 1. The molecule has 0 aromatic rings. The van der Waals surface area contributed by atoms with Crippen molar-refractivity contribution < 1.29 is 9.90 Å². The molecule has 0 radical (unpaired) electrons. The van der Waals surface area contributed by atoms with Crippen molar-refractivity contribution in [2.75, 3.05) is 6.54 Å². The van der Waals surface area contributed by atoms with Gasteiger partial charge in [0.15, 0.2) is 0 Å². The second kappa shape index (κ2) is 5.35. The van der Waals surface area contributed by atoms with Crippen LogP contribution in [0, 0.1) is 0 Å². The Balaban J connectivity index is 2.21. The van der Waals surface area contributed by atoms with Gasteiger partial charge in [0.2, 0.25) is 0 Å². The van der Waals surface area contributed by atoms with Crippen molar-refractivity contribution in [1.29, 1.82) is 0 Å². The van der Waals surface area contributed by atoms with Crippen LogP contribution in [0.2, 0.25) is 0 Å². The molecule has 0 aromatic heterocycles. The Kier molecular flexibility index (Phi) is 4.39. The average molecular weight is 214 g/mol. The van der Waals surface area contributed by atoms with E-state index in [9.17, 15) is 9.90 Å². The molecule has 1 aliphatic rings. The molecule has 3 N–H and O–H groups in total. The van der Waals surface area contributed by atoms with Gasteiger partial charge in [-0.25, -0.2) is 4.79 Å². The highest BCUT2D eigenvalue weighted by atomic mass is 16.3. The van der Waals surface area contributed by atoms with Crippen molar-refractivity contribution in [3.8, 4) is 0 Å². The van der Waals surface area contributed by atoms with E-state index in [1.807, 2.05) is 13.8 Å². The maximum absolute atomic E-state index is 11.4. The summed E-state index contributed by atoms with van der Waals surface area (Å²) in [5.41, 5.74) is -0.660. The molecule has 1 aliphatic carbocycles. The van der Waals surface area contributed by atoms with Crippen LogP contribution in [0.4, 0.5) is 4.79 Å². The van der Waals surface area contributed by atoms with E-state index in [1.54, 1.807) is 0 Å². The zero-order chi connectivity index (χ0) is 11.3. The predicted octanol–water partition coefficient (Wildman–Crippen LogP) is 1.39. The lowest BCUT2D eigenvalue weighted by molar-refractivity contribution is 0.0500. The molecule has 2 amide bonds. The van der Waals surface area contributed by atoms with Gasteiger partial charge in [-0.1, -0.05) is 19.8 Å². The van der Waals surface area contributed by atoms with Gasteiger partial charge in [-0.2, -0.15) is 0 Å². The van der Waals surface area contributed by atoms with E-state index in [-0.39, 0.29) is 12.1 Å². The summed E-state index contributed by atoms with van der Waals surface area (Å²) in [5, 5.41) is 15.5. The third-order valence-corrected chi connectivity index (χ3v) is 3.10. The third-order valence-electron chi connectivity index (χ3n) is 3.10. The summed E-state index contributed by atoms with van der Waals surface area (Å²) < 4.78 is 0. The number of rotatable bonds is 4. The fraction of sp³-hybridized carbons (Fsp3) is 0.909. The van der Waals surface area contributed by atoms with Crippen molar-refractivity contribution in [3.05, 3.63) is 0 Å². The average Bonchev–Trinajstić information content (AvgIpc) is 2.63. The number of carbonyl (C=O) groups excluding carboxylic acids is 1. The van der Waals surface area contributed by atoms with Crippen molar-refractivity contribution in [2.45, 2.75) is 57.6 Å². The molecule has 0 heterocycles. The molecule has 88 valence electrons. The van der Waals surface area contributed by atoms with Crippen molar-refractivity contribution in [1.82, 2.24) is 10.6 Å². The summed E-state index contributed by atoms with van der Waals surface area (Å²) in [6.45, 7) is 4.36. The molecule has 1 unspecified atom stereocenters. The fourth-order valence-electron chi connectivity index (χ4n) is 1.83. The topological polar surface area (TPSA) is 61.4 Å². The first kappa shape index (κ1) is 12.3. The van der Waals surface area contributed by atoms with Gasteiger partial charge in [-0.05, 0) is 26.2 Å². The van der Waals surface area contributed by atoms with Crippen LogP contribution in [0.1, 0.15) is 46.0 Å². The monoisotopic (exact) mass is 214 g/mol. The second-order valence-electron chi connectivity index (χ2n) is 4.57. The van der Waals surface area contributed by atoms with E-state index in [1.165, 1.54) is 0 Å². The predicted molar refractivity (Wildman–Crippen MR) is 59.7 cm³/mol. The standard InChI is InChI=1S/C11H22N2O2/c1-3-9(2)13-10(14)12-8-11(15)6-4-5-7-11/h9,15H,3-8H2,1-2H3,(H2,12,13,14). The Morgan fingerprint density at radius 3 is 2.60 bits per heavy atom. The zero-order valence-electron chi connectivity index (χ0n) is 9.68. The Morgan fingerprint density at radius 1 is 1.47 bits per heavy atom. The number of hydrogen-bond acceptors (Lipinski definition) is 2. The highest BCUT2D eigenvalue weighted by molar-refractivity contribution is 5.74. The van der Waals surface area contributed by atoms with E-state index in [4.69, 9.17) is 0 Å². The molecule has 1 fully saturated rings. The van der Waals surface area contributed by atoms with Crippen LogP contribution < -0.4 is 10.6 Å². The second-order valence-corrected chi connectivity index (χ2v) is 4.57. The first-order valence-electron chi connectivity index (χ1n) is 5.82. The minimum absolute atomic E-state index is 0.176. The fourth-order valence-corrected chi connectivity index (χ4v) is 1.83. The van der Waals surface area contributed by atoms with Crippen molar-refractivity contribution >= 4 is 6.03 Å². The largest absolute Gasteiger partial charge is 0.388 e. The smallest absolute Gasteiger partial charge is 0.315 e. The molecule has 4 heteroatoms. The van der Waals surface area contributed by atoms with E-state index >= 15 is 0 Å². The van der Waals surface area contributed by atoms with Gasteiger partial charge in [0, 0.05) is 12.6 Å². The first-order valence-corrected chi connectivity index (χ1v) is 5.82. The summed E-state index contributed by atoms with van der Waals surface area (Å²) >= 11 is 0. The van der Waals surface area contributed by atoms with E-state index in [2.05, 4.69) is 10.6 Å². The normalized spacial score (nSPS) is 21.0. The third kappa shape index (κ3) is 4.08. The number of amides is 2.